The fourth-order valence-corrected chi connectivity index (χ4v) is 2.31. The van der Waals surface area contributed by atoms with E-state index in [0.29, 0.717) is 6.54 Å². The van der Waals surface area contributed by atoms with Crippen molar-refractivity contribution in [1.82, 2.24) is 4.90 Å². The molecule has 17 heavy (non-hydrogen) atoms. The van der Waals surface area contributed by atoms with Gasteiger partial charge in [-0.15, -0.1) is 0 Å². The molecule has 2 heterocycles. The Balaban J connectivity index is 2.06. The summed E-state index contributed by atoms with van der Waals surface area (Å²) >= 11 is 0. The van der Waals surface area contributed by atoms with Gasteiger partial charge in [0.05, 0.1) is 25.3 Å². The zero-order chi connectivity index (χ0) is 12.8. The zero-order valence-corrected chi connectivity index (χ0v) is 10.2. The molecule has 3 atom stereocenters. The molecule has 0 aliphatic carbocycles. The molecule has 0 unspecified atom stereocenters. The van der Waals surface area contributed by atoms with Gasteiger partial charge in [-0.3, -0.25) is 9.69 Å². The van der Waals surface area contributed by atoms with Crippen LogP contribution in [0.4, 0.5) is 4.79 Å². The maximum absolute atomic E-state index is 11.9. The smallest absolute Gasteiger partial charge is 0.410 e. The van der Waals surface area contributed by atoms with Gasteiger partial charge < -0.3 is 14.6 Å². The Labute approximate surface area is 99.5 Å². The Hall–Kier alpha value is -1.30. The lowest BCUT2D eigenvalue weighted by Gasteiger charge is -2.29. The molecule has 2 aliphatic rings. The van der Waals surface area contributed by atoms with Crippen LogP contribution in [0.15, 0.2) is 0 Å². The van der Waals surface area contributed by atoms with Gasteiger partial charge in [-0.25, -0.2) is 4.79 Å². The molecule has 0 radical (unpaired) electrons. The van der Waals surface area contributed by atoms with Gasteiger partial charge in [-0.1, -0.05) is 0 Å². The maximum atomic E-state index is 11.9. The quantitative estimate of drug-likeness (QED) is 0.733. The molecular weight excluding hydrogens is 226 g/mol. The number of nitrogens with zero attached hydrogens (tertiary/aromatic N) is 1. The summed E-state index contributed by atoms with van der Waals surface area (Å²) in [5.74, 6) is -1.54. The van der Waals surface area contributed by atoms with Gasteiger partial charge in [0.1, 0.15) is 11.5 Å². The Morgan fingerprint density at radius 2 is 2.06 bits per heavy atom. The van der Waals surface area contributed by atoms with Crippen LogP contribution in [0.25, 0.3) is 0 Å². The summed E-state index contributed by atoms with van der Waals surface area (Å²) in [6.07, 6.45) is -0.857. The van der Waals surface area contributed by atoms with Crippen molar-refractivity contribution in [3.63, 3.8) is 0 Å². The number of hydrogen-bond donors (Lipinski definition) is 1. The number of amides is 1. The molecule has 1 N–H and O–H groups in total. The molecule has 96 valence electrons. The predicted octanol–water partition coefficient (Wildman–Crippen LogP) is 0.705. The van der Waals surface area contributed by atoms with Crippen LogP contribution < -0.4 is 0 Å². The van der Waals surface area contributed by atoms with Crippen LogP contribution in [0.3, 0.4) is 0 Å². The van der Waals surface area contributed by atoms with Crippen LogP contribution in [0.1, 0.15) is 20.8 Å². The number of likely N-dealkylation sites (tertiary alicyclic amines) is 1. The first kappa shape index (κ1) is 12.2. The number of carbonyl (C=O) groups excluding carboxylic acids is 1. The number of carbonyl (C=O) groups is 2. The van der Waals surface area contributed by atoms with Crippen molar-refractivity contribution in [3.8, 4) is 0 Å². The summed E-state index contributed by atoms with van der Waals surface area (Å²) in [4.78, 5) is 24.4. The van der Waals surface area contributed by atoms with Crippen molar-refractivity contribution in [3.05, 3.63) is 0 Å². The van der Waals surface area contributed by atoms with E-state index in [9.17, 15) is 9.59 Å². The third-order valence-electron chi connectivity index (χ3n) is 2.99. The highest BCUT2D eigenvalue weighted by molar-refractivity contribution is 5.76. The van der Waals surface area contributed by atoms with E-state index in [4.69, 9.17) is 14.6 Å². The lowest BCUT2D eigenvalue weighted by atomic mass is 10.0. The van der Waals surface area contributed by atoms with Gasteiger partial charge in [0.15, 0.2) is 0 Å². The largest absolute Gasteiger partial charge is 0.481 e. The average Bonchev–Trinajstić information content (AvgIpc) is 2.70. The summed E-state index contributed by atoms with van der Waals surface area (Å²) in [6, 6.07) is -0.396. The second-order valence-corrected chi connectivity index (χ2v) is 5.44. The third kappa shape index (κ3) is 2.22. The molecule has 2 rings (SSSR count). The standard InChI is InChI=1S/C11H17NO5/c1-11(2,3)17-10(15)12-4-7-8(9(13)14)6(12)5-16-7/h6-8H,4-5H2,1-3H3,(H,13,14)/t6-,7-,8-/m0/s1. The van der Waals surface area contributed by atoms with Crippen LogP contribution >= 0.6 is 0 Å². The Bertz CT molecular complexity index is 348. The SMILES string of the molecule is CC(C)(C)OC(=O)N1C[C@@H]2OC[C@H]1[C@@H]2C(=O)O. The highest BCUT2D eigenvalue weighted by Gasteiger charge is 2.54. The van der Waals surface area contributed by atoms with Crippen LogP contribution in [0, 0.1) is 5.92 Å². The first-order chi connectivity index (χ1) is 7.79. The summed E-state index contributed by atoms with van der Waals surface area (Å²) in [7, 11) is 0. The van der Waals surface area contributed by atoms with Crippen LogP contribution in [-0.4, -0.2) is 53.0 Å². The normalized spacial score (nSPS) is 31.7. The first-order valence-electron chi connectivity index (χ1n) is 5.63. The van der Waals surface area contributed by atoms with E-state index in [1.54, 1.807) is 20.8 Å². The van der Waals surface area contributed by atoms with E-state index in [-0.39, 0.29) is 6.61 Å². The number of ether oxygens (including phenoxy) is 2. The van der Waals surface area contributed by atoms with Crippen molar-refractivity contribution >= 4 is 12.1 Å². The van der Waals surface area contributed by atoms with Crippen LogP contribution in [0.5, 0.6) is 0 Å². The van der Waals surface area contributed by atoms with Crippen molar-refractivity contribution in [1.29, 1.82) is 0 Å². The minimum atomic E-state index is -0.913. The molecule has 2 bridgehead atoms. The van der Waals surface area contributed by atoms with Crippen molar-refractivity contribution in [2.75, 3.05) is 13.2 Å². The minimum absolute atomic E-state index is 0.279. The number of morpholine rings is 1. The molecule has 6 heteroatoms. The number of hydrogen-bond acceptors (Lipinski definition) is 4. The van der Waals surface area contributed by atoms with E-state index < -0.39 is 35.7 Å². The lowest BCUT2D eigenvalue weighted by molar-refractivity contribution is -0.142. The van der Waals surface area contributed by atoms with E-state index in [1.165, 1.54) is 4.90 Å². The lowest BCUT2D eigenvalue weighted by Crippen LogP contribution is -2.45. The molecule has 1 amide bonds. The van der Waals surface area contributed by atoms with Crippen molar-refractivity contribution < 1.29 is 24.2 Å². The monoisotopic (exact) mass is 243 g/mol. The molecule has 2 aliphatic heterocycles. The van der Waals surface area contributed by atoms with Gasteiger partial charge >= 0.3 is 12.1 Å². The van der Waals surface area contributed by atoms with E-state index in [2.05, 4.69) is 0 Å². The third-order valence-corrected chi connectivity index (χ3v) is 2.99. The molecular formula is C11H17NO5. The molecule has 0 aromatic carbocycles. The van der Waals surface area contributed by atoms with E-state index in [0.717, 1.165) is 0 Å². The topological polar surface area (TPSA) is 76.1 Å². The summed E-state index contributed by atoms with van der Waals surface area (Å²) in [5, 5.41) is 9.07. The summed E-state index contributed by atoms with van der Waals surface area (Å²) < 4.78 is 10.5. The van der Waals surface area contributed by atoms with Crippen molar-refractivity contribution in [2.24, 2.45) is 5.92 Å². The predicted molar refractivity (Wildman–Crippen MR) is 57.6 cm³/mol. The van der Waals surface area contributed by atoms with Crippen molar-refractivity contribution in [2.45, 2.75) is 38.5 Å². The molecule has 0 spiro atoms. The number of rotatable bonds is 1. The average molecular weight is 243 g/mol. The van der Waals surface area contributed by atoms with Gasteiger partial charge in [-0.2, -0.15) is 0 Å². The molecule has 0 aromatic heterocycles. The fraction of sp³-hybridized carbons (Fsp3) is 0.818. The highest BCUT2D eigenvalue weighted by Crippen LogP contribution is 2.35. The van der Waals surface area contributed by atoms with E-state index in [1.807, 2.05) is 0 Å². The first-order valence-corrected chi connectivity index (χ1v) is 5.63. The van der Waals surface area contributed by atoms with Gasteiger partial charge in [-0.05, 0) is 20.8 Å². The molecule has 2 fully saturated rings. The van der Waals surface area contributed by atoms with Gasteiger partial charge in [0.25, 0.3) is 0 Å². The second-order valence-electron chi connectivity index (χ2n) is 5.44. The minimum Gasteiger partial charge on any atom is -0.481 e. The van der Waals surface area contributed by atoms with Gasteiger partial charge in [0, 0.05) is 0 Å². The molecule has 2 saturated heterocycles. The van der Waals surface area contributed by atoms with Crippen LogP contribution in [0.2, 0.25) is 0 Å². The maximum Gasteiger partial charge on any atom is 0.410 e. The zero-order valence-electron chi connectivity index (χ0n) is 10.2. The summed E-state index contributed by atoms with van der Waals surface area (Å²) in [6.45, 7) is 5.93. The number of aliphatic carboxylic acids is 1. The van der Waals surface area contributed by atoms with Gasteiger partial charge in [0.2, 0.25) is 0 Å². The Morgan fingerprint density at radius 1 is 1.41 bits per heavy atom. The molecule has 6 nitrogen and oxygen atoms in total. The Kier molecular flexibility index (Phi) is 2.77. The number of carboxylic acids is 1. The van der Waals surface area contributed by atoms with Crippen LogP contribution in [-0.2, 0) is 14.3 Å². The molecule has 0 aromatic rings. The highest BCUT2D eigenvalue weighted by atomic mass is 16.6. The number of fused-ring (bicyclic) bond motifs is 2. The second kappa shape index (κ2) is 3.87. The molecule has 0 saturated carbocycles. The van der Waals surface area contributed by atoms with E-state index >= 15 is 0 Å². The summed E-state index contributed by atoms with van der Waals surface area (Å²) in [5.41, 5.74) is -0.571. The number of carboxylic acid groups (broad SMARTS) is 1. The Morgan fingerprint density at radius 3 is 2.53 bits per heavy atom. The fourth-order valence-electron chi connectivity index (χ4n) is 2.31.